The molecule has 8 nitrogen and oxygen atoms in total. The first-order chi connectivity index (χ1) is 15.6. The van der Waals surface area contributed by atoms with E-state index >= 15 is 0 Å². The third-order valence-electron chi connectivity index (χ3n) is 4.83. The van der Waals surface area contributed by atoms with Crippen LogP contribution in [0.5, 0.6) is 0 Å². The Balaban J connectivity index is 1.96. The summed E-state index contributed by atoms with van der Waals surface area (Å²) in [5.74, 6) is -1.16. The van der Waals surface area contributed by atoms with Crippen LogP contribution in [-0.4, -0.2) is 45.1 Å². The van der Waals surface area contributed by atoms with E-state index in [0.717, 1.165) is 11.3 Å². The normalized spacial score (nSPS) is 12.5. The van der Waals surface area contributed by atoms with Crippen molar-refractivity contribution < 1.29 is 14.1 Å². The number of hydrogen-bond acceptors (Lipinski definition) is 6. The van der Waals surface area contributed by atoms with Crippen LogP contribution in [0.1, 0.15) is 30.0 Å². The van der Waals surface area contributed by atoms with Gasteiger partial charge in [0.2, 0.25) is 5.13 Å². The largest absolute Gasteiger partial charge is 0.476 e. The lowest BCUT2D eigenvalue weighted by molar-refractivity contribution is 0.0688. The highest BCUT2D eigenvalue weighted by Gasteiger charge is 2.28. The Hall–Kier alpha value is -2.53. The van der Waals surface area contributed by atoms with Crippen molar-refractivity contribution in [3.8, 4) is 27.5 Å². The minimum absolute atomic E-state index is 0.0446. The number of carboxylic acids is 1. The van der Waals surface area contributed by atoms with Crippen LogP contribution >= 0.6 is 34.5 Å². The molecule has 12 heteroatoms. The molecule has 0 aliphatic rings. The standard InChI is InChI=1S/C21H19Cl2N5O3S2/c1-10(2)33(31)20-17(12-5-6-14(22)15(23)7-12)25-21(32-20)28-18(19(29)30)16(11(3)26-28)13-8-24-27(4)9-13/h5-10H,1-4H3,(H,29,30). The fraction of sp³-hybridized carbons (Fsp3) is 0.238. The smallest absolute Gasteiger partial charge is 0.355 e. The highest BCUT2D eigenvalue weighted by Crippen LogP contribution is 2.38. The van der Waals surface area contributed by atoms with Crippen molar-refractivity contribution in [3.05, 3.63) is 52.0 Å². The van der Waals surface area contributed by atoms with E-state index in [-0.39, 0.29) is 16.1 Å². The Morgan fingerprint density at radius 3 is 2.52 bits per heavy atom. The summed E-state index contributed by atoms with van der Waals surface area (Å²) in [6.07, 6.45) is 3.31. The predicted molar refractivity (Wildman–Crippen MR) is 130 cm³/mol. The molecule has 0 aliphatic carbocycles. The summed E-state index contributed by atoms with van der Waals surface area (Å²) in [6.45, 7) is 5.41. The number of halogens is 2. The molecule has 0 saturated carbocycles. The molecule has 1 atom stereocenters. The Morgan fingerprint density at radius 1 is 1.21 bits per heavy atom. The van der Waals surface area contributed by atoms with Gasteiger partial charge in [0.05, 0.1) is 38.4 Å². The Labute approximate surface area is 206 Å². The Bertz CT molecular complexity index is 1410. The molecular weight excluding hydrogens is 505 g/mol. The molecule has 0 bridgehead atoms. The molecule has 1 aromatic carbocycles. The van der Waals surface area contributed by atoms with E-state index in [1.807, 2.05) is 13.8 Å². The van der Waals surface area contributed by atoms with Gasteiger partial charge in [-0.3, -0.25) is 8.89 Å². The Morgan fingerprint density at radius 2 is 1.94 bits per heavy atom. The number of carbonyl (C=O) groups is 1. The molecular formula is C21H19Cl2N5O3S2. The molecule has 1 N–H and O–H groups in total. The van der Waals surface area contributed by atoms with Crippen molar-refractivity contribution in [3.63, 3.8) is 0 Å². The van der Waals surface area contributed by atoms with Gasteiger partial charge in [-0.25, -0.2) is 9.78 Å². The van der Waals surface area contributed by atoms with Gasteiger partial charge in [-0.05, 0) is 19.1 Å². The summed E-state index contributed by atoms with van der Waals surface area (Å²) in [5, 5.41) is 19.5. The van der Waals surface area contributed by atoms with Crippen LogP contribution in [0.4, 0.5) is 0 Å². The summed E-state index contributed by atoms with van der Waals surface area (Å²) in [4.78, 5) is 17.0. The average Bonchev–Trinajstić information content (AvgIpc) is 3.45. The van der Waals surface area contributed by atoms with Gasteiger partial charge in [-0.1, -0.05) is 54.5 Å². The number of nitrogens with zero attached hydrogens (tertiary/aromatic N) is 5. The molecule has 3 heterocycles. The number of hydrogen-bond donors (Lipinski definition) is 1. The summed E-state index contributed by atoms with van der Waals surface area (Å²) < 4.78 is 16.5. The summed E-state index contributed by atoms with van der Waals surface area (Å²) >= 11 is 13.4. The first kappa shape index (κ1) is 23.6. The molecule has 1 unspecified atom stereocenters. The molecule has 33 heavy (non-hydrogen) atoms. The topological polar surface area (TPSA) is 103 Å². The monoisotopic (exact) mass is 523 g/mol. The SMILES string of the molecule is Cc1nn(-c2nc(-c3ccc(Cl)c(Cl)c3)c(S(=O)C(C)C)s2)c(C(=O)O)c1-c1cnn(C)c1. The first-order valence-electron chi connectivity index (χ1n) is 9.77. The van der Waals surface area contributed by atoms with Crippen LogP contribution in [-0.2, 0) is 17.8 Å². The van der Waals surface area contributed by atoms with Crippen molar-refractivity contribution in [2.24, 2.45) is 7.05 Å². The van der Waals surface area contributed by atoms with E-state index in [9.17, 15) is 14.1 Å². The van der Waals surface area contributed by atoms with Crippen LogP contribution in [0.25, 0.3) is 27.5 Å². The summed E-state index contributed by atoms with van der Waals surface area (Å²) in [7, 11) is 0.369. The zero-order valence-corrected chi connectivity index (χ0v) is 21.2. The van der Waals surface area contributed by atoms with E-state index in [2.05, 4.69) is 15.2 Å². The van der Waals surface area contributed by atoms with Crippen molar-refractivity contribution in [2.45, 2.75) is 30.2 Å². The molecule has 0 fully saturated rings. The van der Waals surface area contributed by atoms with Crippen LogP contribution in [0.15, 0.2) is 34.8 Å². The minimum atomic E-state index is -1.38. The number of carboxylic acid groups (broad SMARTS) is 1. The molecule has 4 aromatic rings. The van der Waals surface area contributed by atoms with E-state index < -0.39 is 16.8 Å². The predicted octanol–water partition coefficient (Wildman–Crippen LogP) is 5.23. The number of aromatic nitrogens is 5. The maximum atomic E-state index is 13.1. The average molecular weight is 524 g/mol. The second-order valence-corrected chi connectivity index (χ2v) is 11.5. The van der Waals surface area contributed by atoms with E-state index in [0.29, 0.717) is 42.3 Å². The zero-order valence-electron chi connectivity index (χ0n) is 18.0. The second kappa shape index (κ2) is 9.02. The van der Waals surface area contributed by atoms with Crippen LogP contribution in [0.2, 0.25) is 10.0 Å². The number of thiazole rings is 1. The third kappa shape index (κ3) is 4.35. The minimum Gasteiger partial charge on any atom is -0.476 e. The molecule has 0 saturated heterocycles. The third-order valence-corrected chi connectivity index (χ3v) is 8.55. The number of benzene rings is 1. The lowest BCUT2D eigenvalue weighted by Gasteiger charge is -2.06. The fourth-order valence-corrected chi connectivity index (χ4v) is 6.31. The molecule has 172 valence electrons. The summed E-state index contributed by atoms with van der Waals surface area (Å²) in [6, 6.07) is 5.03. The van der Waals surface area contributed by atoms with E-state index in [1.54, 1.807) is 49.2 Å². The van der Waals surface area contributed by atoms with Gasteiger partial charge < -0.3 is 5.11 Å². The zero-order chi connectivity index (χ0) is 24.0. The van der Waals surface area contributed by atoms with Gasteiger partial charge in [0.15, 0.2) is 5.69 Å². The molecule has 0 radical (unpaired) electrons. The van der Waals surface area contributed by atoms with Gasteiger partial charge in [0.25, 0.3) is 0 Å². The van der Waals surface area contributed by atoms with Gasteiger partial charge in [0.1, 0.15) is 4.21 Å². The quantitative estimate of drug-likeness (QED) is 0.371. The van der Waals surface area contributed by atoms with Crippen molar-refractivity contribution in [1.82, 2.24) is 24.5 Å². The van der Waals surface area contributed by atoms with E-state index in [1.165, 1.54) is 4.68 Å². The number of aryl methyl sites for hydroxylation is 2. The second-order valence-electron chi connectivity index (χ2n) is 7.54. The highest BCUT2D eigenvalue weighted by molar-refractivity contribution is 7.88. The van der Waals surface area contributed by atoms with Crippen LogP contribution in [0.3, 0.4) is 0 Å². The maximum absolute atomic E-state index is 13.1. The first-order valence-corrected chi connectivity index (χ1v) is 12.6. The lowest BCUT2D eigenvalue weighted by atomic mass is 10.1. The van der Waals surface area contributed by atoms with Crippen molar-refractivity contribution in [2.75, 3.05) is 0 Å². The maximum Gasteiger partial charge on any atom is 0.355 e. The van der Waals surface area contributed by atoms with Gasteiger partial charge >= 0.3 is 5.97 Å². The van der Waals surface area contributed by atoms with Crippen LogP contribution in [0, 0.1) is 6.92 Å². The molecule has 0 amide bonds. The Kier molecular flexibility index (Phi) is 6.45. The van der Waals surface area contributed by atoms with Crippen molar-refractivity contribution in [1.29, 1.82) is 0 Å². The number of aromatic carboxylic acids is 1. The van der Waals surface area contributed by atoms with Crippen molar-refractivity contribution >= 4 is 51.3 Å². The molecule has 3 aromatic heterocycles. The summed E-state index contributed by atoms with van der Waals surface area (Å²) in [5.41, 5.74) is 2.63. The number of rotatable bonds is 6. The molecule has 0 aliphatic heterocycles. The van der Waals surface area contributed by atoms with Gasteiger partial charge in [-0.2, -0.15) is 14.9 Å². The molecule has 4 rings (SSSR count). The van der Waals surface area contributed by atoms with Gasteiger partial charge in [0, 0.05) is 35.2 Å². The van der Waals surface area contributed by atoms with E-state index in [4.69, 9.17) is 23.2 Å². The fourth-order valence-electron chi connectivity index (χ4n) is 3.32. The lowest BCUT2D eigenvalue weighted by Crippen LogP contribution is -2.09. The van der Waals surface area contributed by atoms with Gasteiger partial charge in [-0.15, -0.1) is 0 Å². The highest BCUT2D eigenvalue weighted by atomic mass is 35.5. The van der Waals surface area contributed by atoms with Crippen LogP contribution < -0.4 is 0 Å². The molecule has 0 spiro atoms.